The Morgan fingerprint density at radius 2 is 1.90 bits per heavy atom. The molecule has 4 heteroatoms. The summed E-state index contributed by atoms with van der Waals surface area (Å²) in [4.78, 5) is 15.5. The molecular formula is C16H19N3O. The highest BCUT2D eigenvalue weighted by atomic mass is 16.1. The fourth-order valence-electron chi connectivity index (χ4n) is 1.96. The number of pyridine rings is 1. The predicted octanol–water partition coefficient (Wildman–Crippen LogP) is 2.04. The summed E-state index contributed by atoms with van der Waals surface area (Å²) in [6.07, 6.45) is 3.68. The number of carbonyl (C=O) groups excluding carboxylic acids is 1. The lowest BCUT2D eigenvalue weighted by Crippen LogP contribution is -2.18. The number of benzene rings is 1. The van der Waals surface area contributed by atoms with Crippen LogP contribution in [0.4, 0.5) is 0 Å². The van der Waals surface area contributed by atoms with Crippen LogP contribution in [0.25, 0.3) is 0 Å². The lowest BCUT2D eigenvalue weighted by atomic mass is 10.1. The number of hydrogen-bond donors (Lipinski definition) is 2. The standard InChI is InChI=1S/C16H19N3O/c1-12-9-18-8-7-15(12)11-19-10-13-3-5-14(6-4-13)16(20)17-2/h3-9,19H,10-11H2,1-2H3,(H,17,20). The smallest absolute Gasteiger partial charge is 0.251 e. The maximum Gasteiger partial charge on any atom is 0.251 e. The molecule has 0 saturated carbocycles. The van der Waals surface area contributed by atoms with Gasteiger partial charge in [0.2, 0.25) is 0 Å². The minimum Gasteiger partial charge on any atom is -0.355 e. The molecule has 0 saturated heterocycles. The number of aromatic nitrogens is 1. The Morgan fingerprint density at radius 1 is 1.15 bits per heavy atom. The van der Waals surface area contributed by atoms with Crippen LogP contribution < -0.4 is 10.6 Å². The van der Waals surface area contributed by atoms with Crippen LogP contribution >= 0.6 is 0 Å². The Kier molecular flexibility index (Phi) is 4.85. The molecule has 0 aliphatic rings. The van der Waals surface area contributed by atoms with Crippen LogP contribution in [0.2, 0.25) is 0 Å². The third-order valence-electron chi connectivity index (χ3n) is 3.22. The van der Waals surface area contributed by atoms with E-state index >= 15 is 0 Å². The van der Waals surface area contributed by atoms with E-state index in [1.165, 1.54) is 11.1 Å². The highest BCUT2D eigenvalue weighted by Gasteiger charge is 2.02. The number of nitrogens with zero attached hydrogens (tertiary/aromatic N) is 1. The maximum absolute atomic E-state index is 11.4. The average Bonchev–Trinajstić information content (AvgIpc) is 2.49. The molecule has 4 nitrogen and oxygen atoms in total. The van der Waals surface area contributed by atoms with Crippen molar-refractivity contribution < 1.29 is 4.79 Å². The van der Waals surface area contributed by atoms with E-state index in [0.29, 0.717) is 5.56 Å². The van der Waals surface area contributed by atoms with Crippen LogP contribution in [0.3, 0.4) is 0 Å². The van der Waals surface area contributed by atoms with Gasteiger partial charge in [-0.15, -0.1) is 0 Å². The molecule has 1 aromatic carbocycles. The van der Waals surface area contributed by atoms with E-state index < -0.39 is 0 Å². The normalized spacial score (nSPS) is 10.3. The van der Waals surface area contributed by atoms with E-state index in [2.05, 4.69) is 22.5 Å². The molecule has 2 N–H and O–H groups in total. The summed E-state index contributed by atoms with van der Waals surface area (Å²) >= 11 is 0. The molecular weight excluding hydrogens is 250 g/mol. The van der Waals surface area contributed by atoms with E-state index in [4.69, 9.17) is 0 Å². The first-order chi connectivity index (χ1) is 9.70. The van der Waals surface area contributed by atoms with Gasteiger partial charge in [-0.25, -0.2) is 0 Å². The Morgan fingerprint density at radius 3 is 2.55 bits per heavy atom. The fraction of sp³-hybridized carbons (Fsp3) is 0.250. The first-order valence-corrected chi connectivity index (χ1v) is 6.62. The third-order valence-corrected chi connectivity index (χ3v) is 3.22. The highest BCUT2D eigenvalue weighted by molar-refractivity contribution is 5.93. The Balaban J connectivity index is 1.88. The second-order valence-electron chi connectivity index (χ2n) is 4.68. The van der Waals surface area contributed by atoms with Crippen molar-refractivity contribution in [3.05, 3.63) is 65.0 Å². The van der Waals surface area contributed by atoms with Crippen LogP contribution in [0.5, 0.6) is 0 Å². The lowest BCUT2D eigenvalue weighted by Gasteiger charge is -2.08. The van der Waals surface area contributed by atoms with Gasteiger partial charge in [-0.05, 0) is 41.8 Å². The van der Waals surface area contributed by atoms with Gasteiger partial charge in [0.1, 0.15) is 0 Å². The molecule has 20 heavy (non-hydrogen) atoms. The Labute approximate surface area is 119 Å². The number of nitrogens with one attached hydrogen (secondary N) is 2. The van der Waals surface area contributed by atoms with Crippen molar-refractivity contribution in [2.45, 2.75) is 20.0 Å². The quantitative estimate of drug-likeness (QED) is 0.873. The summed E-state index contributed by atoms with van der Waals surface area (Å²) in [5, 5.41) is 6.00. The number of hydrogen-bond acceptors (Lipinski definition) is 3. The van der Waals surface area contributed by atoms with E-state index in [0.717, 1.165) is 18.7 Å². The van der Waals surface area contributed by atoms with Gasteiger partial charge in [-0.2, -0.15) is 0 Å². The molecule has 1 aromatic heterocycles. The second kappa shape index (κ2) is 6.82. The summed E-state index contributed by atoms with van der Waals surface area (Å²) < 4.78 is 0. The first kappa shape index (κ1) is 14.2. The Bertz CT molecular complexity index is 579. The van der Waals surface area contributed by atoms with Crippen molar-refractivity contribution in [3.8, 4) is 0 Å². The minimum atomic E-state index is -0.0584. The fourth-order valence-corrected chi connectivity index (χ4v) is 1.96. The van der Waals surface area contributed by atoms with Gasteiger partial charge in [0, 0.05) is 38.1 Å². The molecule has 0 aliphatic heterocycles. The van der Waals surface area contributed by atoms with E-state index in [-0.39, 0.29) is 5.91 Å². The summed E-state index contributed by atoms with van der Waals surface area (Å²) in [6.45, 7) is 3.64. The molecule has 1 amide bonds. The van der Waals surface area contributed by atoms with Gasteiger partial charge in [0.25, 0.3) is 5.91 Å². The predicted molar refractivity (Wildman–Crippen MR) is 79.3 cm³/mol. The molecule has 0 aliphatic carbocycles. The highest BCUT2D eigenvalue weighted by Crippen LogP contribution is 2.07. The zero-order valence-corrected chi connectivity index (χ0v) is 11.8. The molecule has 0 radical (unpaired) electrons. The molecule has 104 valence electrons. The van der Waals surface area contributed by atoms with E-state index in [1.807, 2.05) is 42.7 Å². The van der Waals surface area contributed by atoms with Crippen LogP contribution in [0.1, 0.15) is 27.0 Å². The number of amides is 1. The summed E-state index contributed by atoms with van der Waals surface area (Å²) in [5.41, 5.74) is 4.28. The molecule has 0 bridgehead atoms. The SMILES string of the molecule is CNC(=O)c1ccc(CNCc2ccncc2C)cc1. The van der Waals surface area contributed by atoms with E-state index in [9.17, 15) is 4.79 Å². The van der Waals surface area contributed by atoms with Gasteiger partial charge in [0.15, 0.2) is 0 Å². The second-order valence-corrected chi connectivity index (χ2v) is 4.68. The zero-order chi connectivity index (χ0) is 14.4. The van der Waals surface area contributed by atoms with Crippen molar-refractivity contribution in [1.82, 2.24) is 15.6 Å². The van der Waals surface area contributed by atoms with Crippen LogP contribution in [-0.2, 0) is 13.1 Å². The number of aryl methyl sites for hydroxylation is 1. The monoisotopic (exact) mass is 269 g/mol. The molecule has 1 heterocycles. The van der Waals surface area contributed by atoms with Crippen LogP contribution in [0.15, 0.2) is 42.7 Å². The molecule has 2 rings (SSSR count). The molecule has 0 unspecified atom stereocenters. The minimum absolute atomic E-state index is 0.0584. The lowest BCUT2D eigenvalue weighted by molar-refractivity contribution is 0.0963. The molecule has 0 spiro atoms. The Hall–Kier alpha value is -2.20. The molecule has 2 aromatic rings. The van der Waals surface area contributed by atoms with E-state index in [1.54, 1.807) is 7.05 Å². The first-order valence-electron chi connectivity index (χ1n) is 6.62. The van der Waals surface area contributed by atoms with Gasteiger partial charge in [0.05, 0.1) is 0 Å². The molecule has 0 fully saturated rings. The number of carbonyl (C=O) groups is 1. The van der Waals surface area contributed by atoms with Crippen LogP contribution in [0, 0.1) is 6.92 Å². The van der Waals surface area contributed by atoms with Gasteiger partial charge in [-0.1, -0.05) is 12.1 Å². The van der Waals surface area contributed by atoms with Crippen LogP contribution in [-0.4, -0.2) is 17.9 Å². The largest absolute Gasteiger partial charge is 0.355 e. The van der Waals surface area contributed by atoms with Crippen molar-refractivity contribution in [3.63, 3.8) is 0 Å². The van der Waals surface area contributed by atoms with Gasteiger partial charge in [-0.3, -0.25) is 9.78 Å². The summed E-state index contributed by atoms with van der Waals surface area (Å²) in [6, 6.07) is 9.64. The van der Waals surface area contributed by atoms with Crippen molar-refractivity contribution in [2.75, 3.05) is 7.05 Å². The van der Waals surface area contributed by atoms with Gasteiger partial charge < -0.3 is 10.6 Å². The number of rotatable bonds is 5. The van der Waals surface area contributed by atoms with Crippen molar-refractivity contribution in [2.24, 2.45) is 0 Å². The van der Waals surface area contributed by atoms with Crippen molar-refractivity contribution >= 4 is 5.91 Å². The maximum atomic E-state index is 11.4. The summed E-state index contributed by atoms with van der Waals surface area (Å²) in [7, 11) is 1.63. The van der Waals surface area contributed by atoms with Gasteiger partial charge >= 0.3 is 0 Å². The van der Waals surface area contributed by atoms with Crippen molar-refractivity contribution in [1.29, 1.82) is 0 Å². The third kappa shape index (κ3) is 3.65. The average molecular weight is 269 g/mol. The zero-order valence-electron chi connectivity index (χ0n) is 11.8. The molecule has 0 atom stereocenters. The summed E-state index contributed by atoms with van der Waals surface area (Å²) in [5.74, 6) is -0.0584. The topological polar surface area (TPSA) is 54.0 Å².